The molecule has 154 valence electrons. The normalized spacial score (nSPS) is 13.4. The molecule has 1 heterocycles. The van der Waals surface area contributed by atoms with Crippen LogP contribution in [0.4, 0.5) is 10.5 Å². The minimum atomic E-state index is -0.961. The zero-order valence-electron chi connectivity index (χ0n) is 16.5. The van der Waals surface area contributed by atoms with Crippen molar-refractivity contribution in [3.63, 3.8) is 0 Å². The number of carbonyl (C=O) groups is 3. The van der Waals surface area contributed by atoms with Crippen molar-refractivity contribution in [2.75, 3.05) is 18.7 Å². The minimum Gasteiger partial charge on any atom is -0.454 e. The van der Waals surface area contributed by atoms with Gasteiger partial charge in [-0.15, -0.1) is 0 Å². The van der Waals surface area contributed by atoms with Crippen LogP contribution in [-0.4, -0.2) is 43.0 Å². The minimum absolute atomic E-state index is 0.0669. The number of ether oxygens (including phenoxy) is 4. The van der Waals surface area contributed by atoms with Crippen LogP contribution in [-0.2, 0) is 19.1 Å². The fourth-order valence-electron chi connectivity index (χ4n) is 2.27. The molecule has 0 saturated carbocycles. The van der Waals surface area contributed by atoms with Gasteiger partial charge in [0.25, 0.3) is 5.91 Å². The number of anilines is 1. The summed E-state index contributed by atoms with van der Waals surface area (Å²) >= 11 is 0. The number of benzene rings is 1. The second-order valence-electron chi connectivity index (χ2n) is 7.22. The molecule has 0 bridgehead atoms. The molecule has 2 N–H and O–H groups in total. The number of alkyl carbamates (subject to hydrolysis) is 1. The summed E-state index contributed by atoms with van der Waals surface area (Å²) in [4.78, 5) is 35.5. The Labute approximate surface area is 163 Å². The van der Waals surface area contributed by atoms with E-state index in [0.29, 0.717) is 23.6 Å². The maximum atomic E-state index is 12.2. The molecular weight excluding hydrogens is 368 g/mol. The molecule has 9 heteroatoms. The van der Waals surface area contributed by atoms with E-state index in [1.54, 1.807) is 39.0 Å². The van der Waals surface area contributed by atoms with Crippen molar-refractivity contribution in [1.82, 2.24) is 5.32 Å². The highest BCUT2D eigenvalue weighted by molar-refractivity contribution is 5.95. The molecule has 1 aliphatic rings. The van der Waals surface area contributed by atoms with E-state index in [1.807, 2.05) is 0 Å². The van der Waals surface area contributed by atoms with Gasteiger partial charge >= 0.3 is 12.1 Å². The molecule has 2 amide bonds. The molecule has 0 saturated heterocycles. The van der Waals surface area contributed by atoms with Crippen LogP contribution in [0.5, 0.6) is 11.5 Å². The lowest BCUT2D eigenvalue weighted by molar-refractivity contribution is -0.153. The zero-order valence-corrected chi connectivity index (χ0v) is 16.5. The van der Waals surface area contributed by atoms with Crippen molar-refractivity contribution in [1.29, 1.82) is 0 Å². The van der Waals surface area contributed by atoms with Crippen molar-refractivity contribution in [2.24, 2.45) is 0 Å². The number of fused-ring (bicyclic) bond motifs is 1. The largest absolute Gasteiger partial charge is 0.454 e. The van der Waals surface area contributed by atoms with Gasteiger partial charge in [0, 0.05) is 24.7 Å². The predicted octanol–water partition coefficient (Wildman–Crippen LogP) is 2.59. The summed E-state index contributed by atoms with van der Waals surface area (Å²) < 4.78 is 20.7. The SMILES string of the molecule is C[C@@H](OC(=O)CCCNC(=O)OC(C)(C)C)C(=O)Nc1ccc2c(c1)OCO2. The molecule has 1 atom stereocenters. The van der Waals surface area contributed by atoms with Crippen LogP contribution in [0.15, 0.2) is 18.2 Å². The van der Waals surface area contributed by atoms with Crippen LogP contribution in [0.2, 0.25) is 0 Å². The number of nitrogens with one attached hydrogen (secondary N) is 2. The molecule has 0 unspecified atom stereocenters. The fraction of sp³-hybridized carbons (Fsp3) is 0.526. The van der Waals surface area contributed by atoms with Crippen molar-refractivity contribution >= 4 is 23.7 Å². The van der Waals surface area contributed by atoms with E-state index in [2.05, 4.69) is 10.6 Å². The van der Waals surface area contributed by atoms with Gasteiger partial charge in [0.2, 0.25) is 6.79 Å². The van der Waals surface area contributed by atoms with E-state index < -0.39 is 29.7 Å². The highest BCUT2D eigenvalue weighted by atomic mass is 16.7. The monoisotopic (exact) mass is 394 g/mol. The highest BCUT2D eigenvalue weighted by Crippen LogP contribution is 2.34. The van der Waals surface area contributed by atoms with Crippen LogP contribution >= 0.6 is 0 Å². The van der Waals surface area contributed by atoms with Crippen molar-refractivity contribution in [3.05, 3.63) is 18.2 Å². The molecule has 0 spiro atoms. The first kappa shape index (κ1) is 21.3. The van der Waals surface area contributed by atoms with E-state index in [-0.39, 0.29) is 19.8 Å². The lowest BCUT2D eigenvalue weighted by atomic mass is 10.2. The Kier molecular flexibility index (Phi) is 7.08. The van der Waals surface area contributed by atoms with Gasteiger partial charge in [0.15, 0.2) is 17.6 Å². The van der Waals surface area contributed by atoms with Gasteiger partial charge in [0.1, 0.15) is 5.60 Å². The summed E-state index contributed by atoms with van der Waals surface area (Å²) in [6.07, 6.45) is -1.07. The molecule has 0 fully saturated rings. The van der Waals surface area contributed by atoms with Gasteiger partial charge in [-0.1, -0.05) is 0 Å². The number of rotatable bonds is 7. The lowest BCUT2D eigenvalue weighted by Gasteiger charge is -2.19. The lowest BCUT2D eigenvalue weighted by Crippen LogP contribution is -2.33. The summed E-state index contributed by atoms with van der Waals surface area (Å²) in [6, 6.07) is 4.99. The fourth-order valence-corrected chi connectivity index (χ4v) is 2.27. The number of hydrogen-bond acceptors (Lipinski definition) is 7. The first-order chi connectivity index (χ1) is 13.1. The maximum Gasteiger partial charge on any atom is 0.407 e. The van der Waals surface area contributed by atoms with Crippen molar-refractivity contribution in [3.8, 4) is 11.5 Å². The average molecular weight is 394 g/mol. The number of hydrogen-bond donors (Lipinski definition) is 2. The maximum absolute atomic E-state index is 12.2. The third kappa shape index (κ3) is 6.98. The van der Waals surface area contributed by atoms with Gasteiger partial charge in [-0.2, -0.15) is 0 Å². The van der Waals surface area contributed by atoms with Gasteiger partial charge in [-0.25, -0.2) is 4.79 Å². The van der Waals surface area contributed by atoms with Crippen LogP contribution in [0, 0.1) is 0 Å². The van der Waals surface area contributed by atoms with E-state index in [1.165, 1.54) is 6.92 Å². The van der Waals surface area contributed by atoms with Gasteiger partial charge < -0.3 is 29.6 Å². The second kappa shape index (κ2) is 9.29. The molecular formula is C19H26N2O7. The molecule has 0 aliphatic carbocycles. The van der Waals surface area contributed by atoms with E-state index >= 15 is 0 Å². The van der Waals surface area contributed by atoms with E-state index in [0.717, 1.165) is 0 Å². The quantitative estimate of drug-likeness (QED) is 0.540. The van der Waals surface area contributed by atoms with Crippen molar-refractivity contribution < 1.29 is 33.3 Å². The zero-order chi connectivity index (χ0) is 20.7. The third-order valence-corrected chi connectivity index (χ3v) is 3.54. The van der Waals surface area contributed by atoms with Gasteiger partial charge in [-0.05, 0) is 46.2 Å². The first-order valence-corrected chi connectivity index (χ1v) is 9.01. The van der Waals surface area contributed by atoms with Crippen LogP contribution in [0.1, 0.15) is 40.5 Å². The molecule has 2 rings (SSSR count). The summed E-state index contributed by atoms with van der Waals surface area (Å²) in [5.41, 5.74) is -0.0669. The Bertz CT molecular complexity index is 727. The van der Waals surface area contributed by atoms with Crippen LogP contribution in [0.3, 0.4) is 0 Å². The molecule has 0 aromatic heterocycles. The Morgan fingerprint density at radius 3 is 2.61 bits per heavy atom. The van der Waals surface area contributed by atoms with Gasteiger partial charge in [-0.3, -0.25) is 9.59 Å². The number of carbonyl (C=O) groups excluding carboxylic acids is 3. The van der Waals surface area contributed by atoms with Crippen molar-refractivity contribution in [2.45, 2.75) is 52.2 Å². The summed E-state index contributed by atoms with van der Waals surface area (Å²) in [5.74, 6) is 0.163. The number of amides is 2. The molecule has 0 radical (unpaired) electrons. The first-order valence-electron chi connectivity index (χ1n) is 9.01. The molecule has 28 heavy (non-hydrogen) atoms. The third-order valence-electron chi connectivity index (χ3n) is 3.54. The molecule has 1 aliphatic heterocycles. The summed E-state index contributed by atoms with van der Waals surface area (Å²) in [5, 5.41) is 5.21. The molecule has 1 aromatic rings. The smallest absolute Gasteiger partial charge is 0.407 e. The van der Waals surface area contributed by atoms with Crippen LogP contribution < -0.4 is 20.1 Å². The predicted molar refractivity (Wildman–Crippen MR) is 100 cm³/mol. The van der Waals surface area contributed by atoms with Gasteiger partial charge in [0.05, 0.1) is 0 Å². The topological polar surface area (TPSA) is 112 Å². The standard InChI is InChI=1S/C19H26N2O7/c1-12(17(23)21-13-7-8-14-15(10-13)26-11-25-14)27-16(22)6-5-9-20-18(24)28-19(2,3)4/h7-8,10,12H,5-6,9,11H2,1-4H3,(H,20,24)(H,21,23)/t12-/m1/s1. The average Bonchev–Trinajstić information content (AvgIpc) is 3.04. The Morgan fingerprint density at radius 2 is 1.89 bits per heavy atom. The van der Waals surface area contributed by atoms with E-state index in [9.17, 15) is 14.4 Å². The second-order valence-corrected chi connectivity index (χ2v) is 7.22. The Balaban J connectivity index is 1.67. The molecule has 1 aromatic carbocycles. The Hall–Kier alpha value is -2.97. The van der Waals surface area contributed by atoms with Crippen LogP contribution in [0.25, 0.3) is 0 Å². The Morgan fingerprint density at radius 1 is 1.18 bits per heavy atom. The summed E-state index contributed by atoms with van der Waals surface area (Å²) in [6.45, 7) is 7.18. The number of esters is 1. The molecule has 9 nitrogen and oxygen atoms in total. The highest BCUT2D eigenvalue weighted by Gasteiger charge is 2.20. The summed E-state index contributed by atoms with van der Waals surface area (Å²) in [7, 11) is 0. The van der Waals surface area contributed by atoms with E-state index in [4.69, 9.17) is 18.9 Å².